The predicted molar refractivity (Wildman–Crippen MR) is 60.9 cm³/mol. The molecule has 0 saturated carbocycles. The van der Waals surface area contributed by atoms with Crippen LogP contribution in [0.2, 0.25) is 0 Å². The summed E-state index contributed by atoms with van der Waals surface area (Å²) in [6.45, 7) is 5.22. The molecule has 8 heteroatoms. The molecule has 0 aliphatic carbocycles. The van der Waals surface area contributed by atoms with Gasteiger partial charge in [-0.25, -0.2) is 9.59 Å². The molecule has 0 heterocycles. The summed E-state index contributed by atoms with van der Waals surface area (Å²) in [7, 11) is 0. The van der Waals surface area contributed by atoms with E-state index >= 15 is 0 Å². The van der Waals surface area contributed by atoms with E-state index in [2.05, 4.69) is 21.4 Å². The van der Waals surface area contributed by atoms with Crippen LogP contribution in [-0.2, 0) is 24.4 Å². The van der Waals surface area contributed by atoms with E-state index in [9.17, 15) is 14.7 Å². The van der Waals surface area contributed by atoms with Gasteiger partial charge in [0.25, 0.3) is 0 Å². The number of aliphatic hydroxyl groups excluding tert-OH is 3. The van der Waals surface area contributed by atoms with Gasteiger partial charge in [0.2, 0.25) is 0 Å². The maximum atomic E-state index is 11.3. The Bertz CT molecular complexity index is 373. The SMILES string of the molecule is C=C(C)C(=O)OOOC(=O)/C(C)=C/C(O)C(O)CO. The molecule has 0 radical (unpaired) electrons. The van der Waals surface area contributed by atoms with E-state index in [1.165, 1.54) is 13.8 Å². The Morgan fingerprint density at radius 2 is 1.74 bits per heavy atom. The van der Waals surface area contributed by atoms with Crippen molar-refractivity contribution in [3.63, 3.8) is 0 Å². The first kappa shape index (κ1) is 17.3. The fourth-order valence-corrected chi connectivity index (χ4v) is 0.759. The summed E-state index contributed by atoms with van der Waals surface area (Å²) in [4.78, 5) is 30.2. The summed E-state index contributed by atoms with van der Waals surface area (Å²) >= 11 is 0. The average molecular weight is 276 g/mol. The van der Waals surface area contributed by atoms with Crippen molar-refractivity contribution < 1.29 is 39.7 Å². The molecule has 19 heavy (non-hydrogen) atoms. The van der Waals surface area contributed by atoms with Crippen molar-refractivity contribution in [2.45, 2.75) is 26.1 Å². The third-order valence-electron chi connectivity index (χ3n) is 1.89. The molecule has 108 valence electrons. The van der Waals surface area contributed by atoms with E-state index in [0.29, 0.717) is 0 Å². The highest BCUT2D eigenvalue weighted by molar-refractivity contribution is 5.88. The van der Waals surface area contributed by atoms with E-state index < -0.39 is 30.8 Å². The molecule has 2 unspecified atom stereocenters. The molecule has 0 saturated heterocycles. The Balaban J connectivity index is 4.24. The van der Waals surface area contributed by atoms with E-state index in [1.54, 1.807) is 0 Å². The number of aliphatic hydroxyl groups is 3. The fourth-order valence-electron chi connectivity index (χ4n) is 0.759. The van der Waals surface area contributed by atoms with Crippen molar-refractivity contribution in [2.75, 3.05) is 6.61 Å². The van der Waals surface area contributed by atoms with Gasteiger partial charge in [-0.2, -0.15) is 0 Å². The van der Waals surface area contributed by atoms with E-state index in [-0.39, 0.29) is 11.1 Å². The molecule has 0 aromatic carbocycles. The normalized spacial score (nSPS) is 14.5. The second-order valence-corrected chi connectivity index (χ2v) is 3.68. The van der Waals surface area contributed by atoms with E-state index in [0.717, 1.165) is 6.08 Å². The molecule has 2 atom stereocenters. The molecule has 0 fully saturated rings. The first-order valence-corrected chi connectivity index (χ1v) is 5.20. The lowest BCUT2D eigenvalue weighted by Gasteiger charge is -2.11. The van der Waals surface area contributed by atoms with Crippen LogP contribution in [0.3, 0.4) is 0 Å². The van der Waals surface area contributed by atoms with Crippen LogP contribution in [0.4, 0.5) is 0 Å². The second-order valence-electron chi connectivity index (χ2n) is 3.68. The monoisotopic (exact) mass is 276 g/mol. The number of carbonyl (C=O) groups excluding carboxylic acids is 2. The smallest absolute Gasteiger partial charge is 0.372 e. The summed E-state index contributed by atoms with van der Waals surface area (Å²) in [5.74, 6) is -1.95. The zero-order valence-corrected chi connectivity index (χ0v) is 10.5. The lowest BCUT2D eigenvalue weighted by atomic mass is 10.1. The summed E-state index contributed by atoms with van der Waals surface area (Å²) in [5.41, 5.74) is -0.0730. The molecule has 0 rings (SSSR count). The fraction of sp³-hybridized carbons (Fsp3) is 0.455. The number of hydrogen-bond donors (Lipinski definition) is 3. The van der Waals surface area contributed by atoms with Gasteiger partial charge in [-0.15, -0.1) is 0 Å². The molecule has 0 aliphatic rings. The van der Waals surface area contributed by atoms with Crippen molar-refractivity contribution in [1.82, 2.24) is 0 Å². The van der Waals surface area contributed by atoms with Gasteiger partial charge in [-0.1, -0.05) is 6.58 Å². The third kappa shape index (κ3) is 6.67. The Hall–Kier alpha value is -1.74. The lowest BCUT2D eigenvalue weighted by Crippen LogP contribution is -2.28. The third-order valence-corrected chi connectivity index (χ3v) is 1.89. The molecule has 3 N–H and O–H groups in total. The summed E-state index contributed by atoms with van der Waals surface area (Å²) in [6, 6.07) is 0. The second kappa shape index (κ2) is 8.38. The maximum Gasteiger partial charge on any atom is 0.372 e. The van der Waals surface area contributed by atoms with E-state index in [4.69, 9.17) is 10.2 Å². The van der Waals surface area contributed by atoms with Crippen LogP contribution in [0.1, 0.15) is 13.8 Å². The molecular formula is C11H16O8. The van der Waals surface area contributed by atoms with Gasteiger partial charge in [0, 0.05) is 16.2 Å². The Kier molecular flexibility index (Phi) is 7.61. The van der Waals surface area contributed by atoms with Gasteiger partial charge in [0.15, 0.2) is 0 Å². The summed E-state index contributed by atoms with van der Waals surface area (Å²) < 4.78 is 0. The first-order chi connectivity index (χ1) is 8.79. The molecule has 0 aliphatic heterocycles. The Morgan fingerprint density at radius 1 is 1.21 bits per heavy atom. The minimum absolute atomic E-state index is 0.0461. The summed E-state index contributed by atoms with van der Waals surface area (Å²) in [5, 5.41) is 30.8. The van der Waals surface area contributed by atoms with Gasteiger partial charge < -0.3 is 15.3 Å². The van der Waals surface area contributed by atoms with Gasteiger partial charge in [0.05, 0.1) is 6.61 Å². The summed E-state index contributed by atoms with van der Waals surface area (Å²) in [6.07, 6.45) is -1.92. The standard InChI is InChI=1S/C11H16O8/c1-6(2)10(15)17-19-18-11(16)7(3)4-8(13)9(14)5-12/h4,8-9,12-14H,1,5H2,2-3H3/b7-4+. The van der Waals surface area contributed by atoms with Crippen LogP contribution in [0, 0.1) is 0 Å². The van der Waals surface area contributed by atoms with Crippen molar-refractivity contribution in [2.24, 2.45) is 0 Å². The zero-order valence-electron chi connectivity index (χ0n) is 10.5. The topological polar surface area (TPSA) is 123 Å². The molecule has 0 spiro atoms. The van der Waals surface area contributed by atoms with Crippen LogP contribution in [-0.4, -0.2) is 46.1 Å². The maximum absolute atomic E-state index is 11.3. The number of hydrogen-bond acceptors (Lipinski definition) is 8. The first-order valence-electron chi connectivity index (χ1n) is 5.20. The van der Waals surface area contributed by atoms with Gasteiger partial charge in [-0.05, 0) is 19.9 Å². The van der Waals surface area contributed by atoms with Crippen LogP contribution in [0.25, 0.3) is 0 Å². The van der Waals surface area contributed by atoms with Crippen LogP contribution in [0.15, 0.2) is 23.8 Å². The van der Waals surface area contributed by atoms with Crippen LogP contribution < -0.4 is 0 Å². The van der Waals surface area contributed by atoms with Crippen molar-refractivity contribution in [1.29, 1.82) is 0 Å². The number of carbonyl (C=O) groups is 2. The number of rotatable bonds is 7. The average Bonchev–Trinajstić information content (AvgIpc) is 2.36. The van der Waals surface area contributed by atoms with Crippen molar-refractivity contribution in [3.8, 4) is 0 Å². The van der Waals surface area contributed by atoms with Crippen LogP contribution >= 0.6 is 0 Å². The molecule has 0 aromatic rings. The molecule has 0 aromatic heterocycles. The van der Waals surface area contributed by atoms with Crippen LogP contribution in [0.5, 0.6) is 0 Å². The van der Waals surface area contributed by atoms with Gasteiger partial charge in [-0.3, -0.25) is 9.78 Å². The molecule has 0 amide bonds. The molecule has 8 nitrogen and oxygen atoms in total. The molecule has 0 bridgehead atoms. The highest BCUT2D eigenvalue weighted by Crippen LogP contribution is 2.04. The van der Waals surface area contributed by atoms with Gasteiger partial charge in [0.1, 0.15) is 12.2 Å². The minimum Gasteiger partial charge on any atom is -0.394 e. The Labute approximate surface area is 109 Å². The highest BCUT2D eigenvalue weighted by atomic mass is 17.5. The largest absolute Gasteiger partial charge is 0.394 e. The van der Waals surface area contributed by atoms with Crippen molar-refractivity contribution in [3.05, 3.63) is 23.8 Å². The quantitative estimate of drug-likeness (QED) is 0.312. The van der Waals surface area contributed by atoms with Gasteiger partial charge >= 0.3 is 11.9 Å². The minimum atomic E-state index is -1.45. The Morgan fingerprint density at radius 3 is 2.21 bits per heavy atom. The predicted octanol–water partition coefficient (Wildman–Crippen LogP) is -0.844. The highest BCUT2D eigenvalue weighted by Gasteiger charge is 2.16. The molecular weight excluding hydrogens is 260 g/mol. The lowest BCUT2D eigenvalue weighted by molar-refractivity contribution is -0.456. The van der Waals surface area contributed by atoms with Crippen molar-refractivity contribution >= 4 is 11.9 Å². The zero-order chi connectivity index (χ0) is 15.0. The van der Waals surface area contributed by atoms with E-state index in [1.807, 2.05) is 0 Å².